The zero-order chi connectivity index (χ0) is 24.0. The average molecular weight is 448 g/mol. The largest absolute Gasteiger partial charge is 0.507 e. The van der Waals surface area contributed by atoms with Crippen molar-refractivity contribution in [3.05, 3.63) is 79.5 Å². The summed E-state index contributed by atoms with van der Waals surface area (Å²) < 4.78 is 10.7. The standard InChI is InChI=1S/C26H24O7/c1-12(2)14-5-7-19-16(9-14)23(28)21(25(30)32-19)18(11-27)22-24(29)17-10-15(13(3)4)6-8-20(17)33-26(22)31/h5-13,18,28-29H,1-4H3. The average Bonchev–Trinajstić information content (AvgIpc) is 2.77. The van der Waals surface area contributed by atoms with Gasteiger partial charge in [0.25, 0.3) is 0 Å². The SMILES string of the molecule is CC(C)c1ccc2oc(=O)c(C(C=O)c3c(O)c4cc(C(C)C)ccc4oc3=O)c(O)c2c1. The van der Waals surface area contributed by atoms with Gasteiger partial charge < -0.3 is 23.8 Å². The normalized spacial score (nSPS) is 11.8. The molecule has 7 heteroatoms. The maximum absolute atomic E-state index is 12.8. The summed E-state index contributed by atoms with van der Waals surface area (Å²) in [6.45, 7) is 7.87. The number of benzene rings is 2. The van der Waals surface area contributed by atoms with Crippen LogP contribution in [0.2, 0.25) is 0 Å². The minimum Gasteiger partial charge on any atom is -0.507 e. The fraction of sp³-hybridized carbons (Fsp3) is 0.269. The van der Waals surface area contributed by atoms with E-state index >= 15 is 0 Å². The third-order valence-electron chi connectivity index (χ3n) is 5.96. The predicted octanol–water partition coefficient (Wildman–Crippen LogP) is 4.89. The first kappa shape index (κ1) is 22.3. The molecule has 0 bridgehead atoms. The lowest BCUT2D eigenvalue weighted by Crippen LogP contribution is -2.21. The van der Waals surface area contributed by atoms with Crippen LogP contribution in [0.1, 0.15) is 67.7 Å². The van der Waals surface area contributed by atoms with Gasteiger partial charge in [0.15, 0.2) is 0 Å². The predicted molar refractivity (Wildman–Crippen MR) is 124 cm³/mol. The Morgan fingerprint density at radius 1 is 0.727 bits per heavy atom. The molecule has 0 amide bonds. The monoisotopic (exact) mass is 448 g/mol. The molecule has 0 saturated carbocycles. The number of carbonyl (C=O) groups is 1. The first-order valence-electron chi connectivity index (χ1n) is 10.7. The van der Waals surface area contributed by atoms with Crippen LogP contribution in [-0.2, 0) is 4.79 Å². The molecule has 0 saturated heterocycles. The molecule has 4 aromatic rings. The second-order valence-electron chi connectivity index (χ2n) is 8.74. The van der Waals surface area contributed by atoms with E-state index < -0.39 is 39.8 Å². The molecule has 4 rings (SSSR count). The molecule has 33 heavy (non-hydrogen) atoms. The Labute approximate surface area is 188 Å². The summed E-state index contributed by atoms with van der Waals surface area (Å²) in [6.07, 6.45) is 0.314. The van der Waals surface area contributed by atoms with Crippen LogP contribution >= 0.6 is 0 Å². The summed E-state index contributed by atoms with van der Waals surface area (Å²) >= 11 is 0. The summed E-state index contributed by atoms with van der Waals surface area (Å²) in [6, 6.07) is 10.0. The minimum absolute atomic E-state index is 0.137. The van der Waals surface area contributed by atoms with Gasteiger partial charge in [0, 0.05) is 0 Å². The number of fused-ring (bicyclic) bond motifs is 2. The molecule has 7 nitrogen and oxygen atoms in total. The zero-order valence-corrected chi connectivity index (χ0v) is 18.7. The van der Waals surface area contributed by atoms with Crippen molar-refractivity contribution < 1.29 is 23.8 Å². The molecule has 170 valence electrons. The summed E-state index contributed by atoms with van der Waals surface area (Å²) in [5, 5.41) is 22.4. The molecule has 0 atom stereocenters. The molecule has 2 aromatic heterocycles. The summed E-state index contributed by atoms with van der Waals surface area (Å²) in [5.74, 6) is -2.27. The highest BCUT2D eigenvalue weighted by Crippen LogP contribution is 2.38. The molecule has 0 unspecified atom stereocenters. The van der Waals surface area contributed by atoms with E-state index in [0.717, 1.165) is 11.1 Å². The van der Waals surface area contributed by atoms with Gasteiger partial charge in [0.1, 0.15) is 29.0 Å². The van der Waals surface area contributed by atoms with Gasteiger partial charge in [-0.15, -0.1) is 0 Å². The quantitative estimate of drug-likeness (QED) is 0.330. The molecule has 2 heterocycles. The number of rotatable bonds is 5. The summed E-state index contributed by atoms with van der Waals surface area (Å²) in [7, 11) is 0. The number of carbonyl (C=O) groups excluding carboxylic acids is 1. The lowest BCUT2D eigenvalue weighted by Gasteiger charge is -2.15. The summed E-state index contributed by atoms with van der Waals surface area (Å²) in [4.78, 5) is 37.7. The molecule has 0 spiro atoms. The number of hydrogen-bond donors (Lipinski definition) is 2. The van der Waals surface area contributed by atoms with Crippen molar-refractivity contribution in [2.45, 2.75) is 45.4 Å². The smallest absolute Gasteiger partial charge is 0.344 e. The van der Waals surface area contributed by atoms with Gasteiger partial charge in [-0.05, 0) is 47.2 Å². The van der Waals surface area contributed by atoms with Crippen LogP contribution < -0.4 is 11.3 Å². The highest BCUT2D eigenvalue weighted by atomic mass is 16.4. The van der Waals surface area contributed by atoms with Gasteiger partial charge in [0.05, 0.1) is 27.8 Å². The lowest BCUT2D eigenvalue weighted by atomic mass is 9.90. The van der Waals surface area contributed by atoms with Crippen molar-refractivity contribution in [1.29, 1.82) is 0 Å². The molecular formula is C26H24O7. The second-order valence-corrected chi connectivity index (χ2v) is 8.74. The van der Waals surface area contributed by atoms with E-state index in [1.165, 1.54) is 0 Å². The molecule has 0 fully saturated rings. The van der Waals surface area contributed by atoms with E-state index in [-0.39, 0.29) is 33.8 Å². The van der Waals surface area contributed by atoms with Gasteiger partial charge in [-0.3, -0.25) is 0 Å². The molecule has 2 N–H and O–H groups in total. The Morgan fingerprint density at radius 3 is 1.45 bits per heavy atom. The molecule has 0 radical (unpaired) electrons. The zero-order valence-electron chi connectivity index (χ0n) is 18.7. The lowest BCUT2D eigenvalue weighted by molar-refractivity contribution is -0.108. The highest BCUT2D eigenvalue weighted by Gasteiger charge is 2.31. The van der Waals surface area contributed by atoms with Gasteiger partial charge in [-0.2, -0.15) is 0 Å². The maximum atomic E-state index is 12.8. The van der Waals surface area contributed by atoms with Crippen molar-refractivity contribution in [3.63, 3.8) is 0 Å². The van der Waals surface area contributed by atoms with Crippen molar-refractivity contribution in [1.82, 2.24) is 0 Å². The third kappa shape index (κ3) is 3.69. The van der Waals surface area contributed by atoms with E-state index in [1.807, 2.05) is 27.7 Å². The molecule has 2 aromatic carbocycles. The third-order valence-corrected chi connectivity index (χ3v) is 5.96. The Kier molecular flexibility index (Phi) is 5.57. The van der Waals surface area contributed by atoms with E-state index in [9.17, 15) is 24.6 Å². The van der Waals surface area contributed by atoms with Gasteiger partial charge in [-0.25, -0.2) is 9.59 Å². The van der Waals surface area contributed by atoms with Gasteiger partial charge in [-0.1, -0.05) is 39.8 Å². The first-order valence-corrected chi connectivity index (χ1v) is 10.7. The van der Waals surface area contributed by atoms with E-state index in [0.29, 0.717) is 6.29 Å². The second kappa shape index (κ2) is 8.24. The Hall–Kier alpha value is -3.87. The fourth-order valence-electron chi connectivity index (χ4n) is 3.98. The van der Waals surface area contributed by atoms with Crippen molar-refractivity contribution >= 4 is 28.2 Å². The molecular weight excluding hydrogens is 424 g/mol. The Balaban J connectivity index is 2.02. The van der Waals surface area contributed by atoms with Crippen LogP contribution in [0.4, 0.5) is 0 Å². The van der Waals surface area contributed by atoms with Crippen LogP contribution in [0.15, 0.2) is 54.8 Å². The Morgan fingerprint density at radius 2 is 1.12 bits per heavy atom. The van der Waals surface area contributed by atoms with E-state index in [4.69, 9.17) is 8.83 Å². The first-order chi connectivity index (χ1) is 15.6. The molecule has 0 aliphatic rings. The Bertz CT molecular complexity index is 1390. The maximum Gasteiger partial charge on any atom is 0.344 e. The van der Waals surface area contributed by atoms with Crippen molar-refractivity contribution in [2.24, 2.45) is 0 Å². The van der Waals surface area contributed by atoms with E-state index in [2.05, 4.69) is 0 Å². The van der Waals surface area contributed by atoms with Crippen LogP contribution in [-0.4, -0.2) is 16.5 Å². The van der Waals surface area contributed by atoms with E-state index in [1.54, 1.807) is 36.4 Å². The van der Waals surface area contributed by atoms with Crippen molar-refractivity contribution in [3.8, 4) is 11.5 Å². The fourth-order valence-corrected chi connectivity index (χ4v) is 3.98. The van der Waals surface area contributed by atoms with Crippen LogP contribution in [0.5, 0.6) is 11.5 Å². The summed E-state index contributed by atoms with van der Waals surface area (Å²) in [5.41, 5.74) is -0.767. The number of aromatic hydroxyl groups is 2. The molecule has 0 aliphatic carbocycles. The highest BCUT2D eigenvalue weighted by molar-refractivity contribution is 5.90. The van der Waals surface area contributed by atoms with Gasteiger partial charge >= 0.3 is 11.3 Å². The molecule has 0 aliphatic heterocycles. The van der Waals surface area contributed by atoms with Crippen molar-refractivity contribution in [2.75, 3.05) is 0 Å². The van der Waals surface area contributed by atoms with Gasteiger partial charge in [0.2, 0.25) is 0 Å². The van der Waals surface area contributed by atoms with Crippen LogP contribution in [0.25, 0.3) is 21.9 Å². The minimum atomic E-state index is -1.59. The van der Waals surface area contributed by atoms with Crippen LogP contribution in [0, 0.1) is 0 Å². The topological polar surface area (TPSA) is 118 Å². The number of aldehydes is 1. The van der Waals surface area contributed by atoms with Crippen LogP contribution in [0.3, 0.4) is 0 Å². The number of hydrogen-bond acceptors (Lipinski definition) is 7.